The van der Waals surface area contributed by atoms with Gasteiger partial charge in [-0.3, -0.25) is 0 Å². The van der Waals surface area contributed by atoms with E-state index in [2.05, 4.69) is 11.3 Å². The predicted molar refractivity (Wildman–Crippen MR) is 30.8 cm³/mol. The fraction of sp³-hybridized carbons (Fsp3) is 0.333. The first-order chi connectivity index (χ1) is 3.81. The van der Waals surface area contributed by atoms with E-state index in [0.717, 1.165) is 6.26 Å². The van der Waals surface area contributed by atoms with Gasteiger partial charge in [0, 0.05) is 0 Å². The van der Waals surface area contributed by atoms with Gasteiger partial charge in [0.1, 0.15) is 0 Å². The molecule has 2 heteroatoms. The van der Waals surface area contributed by atoms with Crippen molar-refractivity contribution < 1.29 is 9.13 Å². The maximum Gasteiger partial charge on any atom is 0.273 e. The predicted octanol–water partition coefficient (Wildman–Crippen LogP) is 2.37. The molecule has 0 fully saturated rings. The molecule has 0 rings (SSSR count). The number of hydrogen-bond donors (Lipinski definition) is 0. The Morgan fingerprint density at radius 2 is 2.50 bits per heavy atom. The van der Waals surface area contributed by atoms with Crippen molar-refractivity contribution in [3.63, 3.8) is 0 Å². The zero-order valence-electron chi connectivity index (χ0n) is 4.86. The molecule has 0 spiro atoms. The van der Waals surface area contributed by atoms with E-state index in [1.165, 1.54) is 6.08 Å². The first-order valence-electron chi connectivity index (χ1n) is 2.44. The highest BCUT2D eigenvalue weighted by Crippen LogP contribution is 1.99. The van der Waals surface area contributed by atoms with E-state index < -0.39 is 6.01 Å². The number of hydrogen-bond acceptors (Lipinski definition) is 1. The van der Waals surface area contributed by atoms with Crippen molar-refractivity contribution in [2.45, 2.75) is 13.3 Å². The lowest BCUT2D eigenvalue weighted by atomic mass is 10.5. The van der Waals surface area contributed by atoms with Crippen molar-refractivity contribution >= 4 is 0 Å². The molecule has 8 heavy (non-hydrogen) atoms. The normalized spacial score (nSPS) is 11.0. The Morgan fingerprint density at radius 1 is 1.88 bits per heavy atom. The van der Waals surface area contributed by atoms with Crippen molar-refractivity contribution in [1.29, 1.82) is 0 Å². The molecule has 0 aromatic rings. The third kappa shape index (κ3) is 3.40. The van der Waals surface area contributed by atoms with Crippen molar-refractivity contribution in [1.82, 2.24) is 0 Å². The number of rotatable bonds is 3. The van der Waals surface area contributed by atoms with Crippen LogP contribution in [0, 0.1) is 0 Å². The molecule has 0 atom stereocenters. The largest absolute Gasteiger partial charge is 0.440 e. The van der Waals surface area contributed by atoms with Crippen molar-refractivity contribution in [3.8, 4) is 0 Å². The third-order valence-corrected chi connectivity index (χ3v) is 0.561. The Kier molecular flexibility index (Phi) is 3.94. The van der Waals surface area contributed by atoms with Gasteiger partial charge in [-0.25, -0.2) is 0 Å². The number of ether oxygens (including phenoxy) is 1. The minimum Gasteiger partial charge on any atom is -0.440 e. The molecule has 0 aliphatic heterocycles. The molecule has 0 aliphatic rings. The average molecular weight is 116 g/mol. The van der Waals surface area contributed by atoms with E-state index in [9.17, 15) is 4.39 Å². The summed E-state index contributed by atoms with van der Waals surface area (Å²) in [7, 11) is 0. The Morgan fingerprint density at radius 3 is 2.88 bits per heavy atom. The first-order valence-corrected chi connectivity index (χ1v) is 2.44. The van der Waals surface area contributed by atoms with Crippen LogP contribution in [0.1, 0.15) is 13.3 Å². The topological polar surface area (TPSA) is 9.23 Å². The average Bonchev–Trinajstić information content (AvgIpc) is 1.68. The summed E-state index contributed by atoms with van der Waals surface area (Å²) in [5, 5.41) is 0. The second-order valence-corrected chi connectivity index (χ2v) is 1.20. The lowest BCUT2D eigenvalue weighted by Crippen LogP contribution is -1.72. The molecule has 0 aliphatic carbocycles. The molecule has 0 unspecified atom stereocenters. The Hall–Kier alpha value is -0.790. The van der Waals surface area contributed by atoms with E-state index in [1.54, 1.807) is 0 Å². The SMILES string of the molecule is C=COC(F)=CCC. The molecule has 0 aromatic carbocycles. The van der Waals surface area contributed by atoms with Crippen molar-refractivity contribution in [2.75, 3.05) is 0 Å². The van der Waals surface area contributed by atoms with Gasteiger partial charge in [-0.2, -0.15) is 4.39 Å². The van der Waals surface area contributed by atoms with Crippen LogP contribution in [0.5, 0.6) is 0 Å². The number of halogens is 1. The molecule has 0 bridgehead atoms. The van der Waals surface area contributed by atoms with Crippen molar-refractivity contribution in [3.05, 3.63) is 24.9 Å². The maximum atomic E-state index is 12.0. The molecule has 0 N–H and O–H groups in total. The highest BCUT2D eigenvalue weighted by atomic mass is 19.1. The molecule has 0 heterocycles. The maximum absolute atomic E-state index is 12.0. The first kappa shape index (κ1) is 7.21. The van der Waals surface area contributed by atoms with Crippen molar-refractivity contribution in [2.24, 2.45) is 0 Å². The molecular weight excluding hydrogens is 107 g/mol. The van der Waals surface area contributed by atoms with Crippen LogP contribution in [0.2, 0.25) is 0 Å². The van der Waals surface area contributed by atoms with Crippen LogP contribution >= 0.6 is 0 Å². The minimum absolute atomic E-state index is 0.581. The summed E-state index contributed by atoms with van der Waals surface area (Å²) in [4.78, 5) is 0. The van der Waals surface area contributed by atoms with E-state index in [4.69, 9.17) is 0 Å². The second-order valence-electron chi connectivity index (χ2n) is 1.20. The highest BCUT2D eigenvalue weighted by Gasteiger charge is 1.85. The standard InChI is InChI=1S/C6H9FO/c1-3-5-6(7)8-4-2/h4-5H,2-3H2,1H3. The summed E-state index contributed by atoms with van der Waals surface area (Å²) in [6.07, 6.45) is 3.03. The van der Waals surface area contributed by atoms with Crippen LogP contribution in [-0.2, 0) is 4.74 Å². The molecule has 0 radical (unpaired) electrons. The second kappa shape index (κ2) is 4.37. The molecule has 0 amide bonds. The Balaban J connectivity index is 3.44. The smallest absolute Gasteiger partial charge is 0.273 e. The molecule has 1 nitrogen and oxygen atoms in total. The van der Waals surface area contributed by atoms with Crippen LogP contribution in [0.3, 0.4) is 0 Å². The van der Waals surface area contributed by atoms with Gasteiger partial charge in [0.15, 0.2) is 0 Å². The van der Waals surface area contributed by atoms with Gasteiger partial charge < -0.3 is 4.74 Å². The fourth-order valence-corrected chi connectivity index (χ4v) is 0.288. The fourth-order valence-electron chi connectivity index (χ4n) is 0.288. The van der Waals surface area contributed by atoms with E-state index in [-0.39, 0.29) is 0 Å². The Labute approximate surface area is 48.5 Å². The minimum atomic E-state index is -0.581. The van der Waals surface area contributed by atoms with Crippen LogP contribution in [0.4, 0.5) is 4.39 Å². The van der Waals surface area contributed by atoms with Crippen LogP contribution in [-0.4, -0.2) is 0 Å². The summed E-state index contributed by atoms with van der Waals surface area (Å²) in [5.74, 6) is 0. The molecule has 0 saturated carbocycles. The third-order valence-electron chi connectivity index (χ3n) is 0.561. The molecule has 0 aromatic heterocycles. The lowest BCUT2D eigenvalue weighted by Gasteiger charge is -1.90. The summed E-state index contributed by atoms with van der Waals surface area (Å²) < 4.78 is 16.2. The summed E-state index contributed by atoms with van der Waals surface area (Å²) in [5.41, 5.74) is 0. The molecular formula is C6H9FO. The summed E-state index contributed by atoms with van der Waals surface area (Å²) in [6.45, 7) is 5.01. The summed E-state index contributed by atoms with van der Waals surface area (Å²) >= 11 is 0. The monoisotopic (exact) mass is 116 g/mol. The zero-order valence-corrected chi connectivity index (χ0v) is 4.86. The van der Waals surface area contributed by atoms with E-state index in [1.807, 2.05) is 6.92 Å². The van der Waals surface area contributed by atoms with Gasteiger partial charge in [0.25, 0.3) is 6.01 Å². The van der Waals surface area contributed by atoms with Gasteiger partial charge in [-0.15, -0.1) is 0 Å². The molecule has 0 saturated heterocycles. The molecule has 46 valence electrons. The van der Waals surface area contributed by atoms with Gasteiger partial charge in [0.05, 0.1) is 6.26 Å². The quantitative estimate of drug-likeness (QED) is 0.514. The van der Waals surface area contributed by atoms with Gasteiger partial charge in [0.2, 0.25) is 0 Å². The van der Waals surface area contributed by atoms with Crippen LogP contribution in [0.25, 0.3) is 0 Å². The van der Waals surface area contributed by atoms with E-state index in [0.29, 0.717) is 6.42 Å². The number of allylic oxidation sites excluding steroid dienone is 1. The summed E-state index contributed by atoms with van der Waals surface area (Å²) in [6, 6.07) is -0.581. The van der Waals surface area contributed by atoms with Gasteiger partial charge in [-0.05, 0) is 12.5 Å². The lowest BCUT2D eigenvalue weighted by molar-refractivity contribution is 0.246. The highest BCUT2D eigenvalue weighted by molar-refractivity contribution is 4.82. The van der Waals surface area contributed by atoms with Gasteiger partial charge >= 0.3 is 0 Å². The van der Waals surface area contributed by atoms with Crippen LogP contribution in [0.15, 0.2) is 24.9 Å². The Bertz CT molecular complexity index is 96.7. The van der Waals surface area contributed by atoms with E-state index >= 15 is 0 Å². The van der Waals surface area contributed by atoms with Crippen LogP contribution < -0.4 is 0 Å². The van der Waals surface area contributed by atoms with Gasteiger partial charge in [-0.1, -0.05) is 13.5 Å². The zero-order chi connectivity index (χ0) is 6.41.